The fraction of sp³-hybridized carbons (Fsp3) is 0.824. The van der Waals surface area contributed by atoms with Crippen LogP contribution in [0.2, 0.25) is 18.1 Å². The van der Waals surface area contributed by atoms with Crippen molar-refractivity contribution in [2.75, 3.05) is 6.61 Å². The van der Waals surface area contributed by atoms with Gasteiger partial charge in [-0.15, -0.1) is 0 Å². The molecule has 6 rings (SSSR count). The van der Waals surface area contributed by atoms with Gasteiger partial charge >= 0.3 is 5.97 Å². The normalized spacial score (nSPS) is 46.3. The third-order valence-corrected chi connectivity index (χ3v) is 18.3. The molecule has 0 bridgehead atoms. The average Bonchev–Trinajstić information content (AvgIpc) is 3.51. The minimum absolute atomic E-state index is 0.0319. The van der Waals surface area contributed by atoms with Crippen molar-refractivity contribution in [3.05, 3.63) is 23.3 Å². The summed E-state index contributed by atoms with van der Waals surface area (Å²) >= 11 is 0. The molecule has 6 aliphatic rings. The van der Waals surface area contributed by atoms with Gasteiger partial charge in [0.25, 0.3) is 0 Å². The molecule has 2 heterocycles. The van der Waals surface area contributed by atoms with E-state index >= 15 is 0 Å². The summed E-state index contributed by atoms with van der Waals surface area (Å²) < 4.78 is 18.9. The van der Waals surface area contributed by atoms with E-state index in [1.54, 1.807) is 12.2 Å². The Morgan fingerprint density at radius 3 is 2.51 bits per heavy atom. The number of fused-ring (bicyclic) bond motifs is 4. The van der Waals surface area contributed by atoms with Crippen molar-refractivity contribution in [1.82, 2.24) is 0 Å². The summed E-state index contributed by atoms with van der Waals surface area (Å²) in [6.45, 7) is 20.4. The second-order valence-corrected chi connectivity index (χ2v) is 21.2. The number of carbonyl (C=O) groups excluding carboxylic acids is 2. The predicted octanol–water partition coefficient (Wildman–Crippen LogP) is 6.38. The molecule has 1 saturated heterocycles. The van der Waals surface area contributed by atoms with Crippen LogP contribution in [0.3, 0.4) is 0 Å². The van der Waals surface area contributed by atoms with E-state index in [4.69, 9.17) is 13.9 Å². The Balaban J connectivity index is 1.18. The maximum absolute atomic E-state index is 13.4. The first-order chi connectivity index (χ1) is 19.0. The number of ether oxygens (including phenoxy) is 2. The summed E-state index contributed by atoms with van der Waals surface area (Å²) in [6, 6.07) is 0. The summed E-state index contributed by atoms with van der Waals surface area (Å²) in [5, 5.41) is 11.0. The van der Waals surface area contributed by atoms with Gasteiger partial charge in [0.05, 0.1) is 23.7 Å². The van der Waals surface area contributed by atoms with Crippen LogP contribution in [-0.4, -0.2) is 55.7 Å². The first-order valence-corrected chi connectivity index (χ1v) is 19.0. The Bertz CT molecular complexity index is 1200. The Morgan fingerprint density at radius 2 is 1.85 bits per heavy atom. The number of aliphatic hydroxyl groups is 1. The number of allylic oxidation sites excluding steroid dienone is 1. The molecule has 228 valence electrons. The minimum Gasteiger partial charge on any atom is -0.458 e. The third kappa shape index (κ3) is 4.04. The zero-order valence-electron chi connectivity index (χ0n) is 26.7. The van der Waals surface area contributed by atoms with Crippen molar-refractivity contribution >= 4 is 20.1 Å². The second-order valence-electron chi connectivity index (χ2n) is 16.4. The quantitative estimate of drug-likeness (QED) is 0.229. The summed E-state index contributed by atoms with van der Waals surface area (Å²) in [6.07, 6.45) is 8.48. The topological polar surface area (TPSA) is 85.4 Å². The van der Waals surface area contributed by atoms with Crippen LogP contribution in [0.1, 0.15) is 87.0 Å². The summed E-state index contributed by atoms with van der Waals surface area (Å²) in [5.74, 6) is 1.85. The number of esters is 1. The Kier molecular flexibility index (Phi) is 6.80. The van der Waals surface area contributed by atoms with Crippen LogP contribution in [-0.2, 0) is 23.5 Å². The first-order valence-electron chi connectivity index (χ1n) is 16.1. The zero-order chi connectivity index (χ0) is 29.9. The van der Waals surface area contributed by atoms with Gasteiger partial charge in [0.15, 0.2) is 14.1 Å². The Morgan fingerprint density at radius 1 is 1.15 bits per heavy atom. The molecule has 7 heteroatoms. The third-order valence-electron chi connectivity index (χ3n) is 13.8. The van der Waals surface area contributed by atoms with Gasteiger partial charge in [-0.05, 0) is 111 Å². The average molecular weight is 585 g/mol. The van der Waals surface area contributed by atoms with Crippen LogP contribution in [0.25, 0.3) is 0 Å². The highest BCUT2D eigenvalue weighted by atomic mass is 28.4. The van der Waals surface area contributed by atoms with Gasteiger partial charge in [0, 0.05) is 6.42 Å². The van der Waals surface area contributed by atoms with Gasteiger partial charge in [-0.2, -0.15) is 0 Å². The van der Waals surface area contributed by atoms with E-state index in [0.717, 1.165) is 44.1 Å². The smallest absolute Gasteiger partial charge is 0.336 e. The van der Waals surface area contributed by atoms with Gasteiger partial charge in [-0.25, -0.2) is 4.79 Å². The van der Waals surface area contributed by atoms with E-state index in [-0.39, 0.29) is 46.2 Å². The molecule has 41 heavy (non-hydrogen) atoms. The molecule has 0 unspecified atom stereocenters. The van der Waals surface area contributed by atoms with E-state index in [2.05, 4.69) is 61.6 Å². The lowest BCUT2D eigenvalue weighted by molar-refractivity contribution is -0.155. The van der Waals surface area contributed by atoms with Crippen LogP contribution in [0.5, 0.6) is 0 Å². The van der Waals surface area contributed by atoms with Crippen molar-refractivity contribution < 1.29 is 28.6 Å². The number of rotatable bonds is 5. The van der Waals surface area contributed by atoms with Crippen molar-refractivity contribution in [2.24, 2.45) is 40.4 Å². The molecular formula is C34H52O6Si. The summed E-state index contributed by atoms with van der Waals surface area (Å²) in [7, 11) is -1.97. The van der Waals surface area contributed by atoms with E-state index in [0.29, 0.717) is 29.9 Å². The van der Waals surface area contributed by atoms with Gasteiger partial charge in [-0.3, -0.25) is 4.79 Å². The van der Waals surface area contributed by atoms with E-state index in [1.807, 2.05) is 0 Å². The zero-order valence-corrected chi connectivity index (χ0v) is 27.7. The fourth-order valence-corrected chi connectivity index (χ4v) is 11.1. The van der Waals surface area contributed by atoms with E-state index in [9.17, 15) is 14.7 Å². The lowest BCUT2D eigenvalue weighted by atomic mass is 9.44. The molecule has 6 nitrogen and oxygen atoms in total. The number of cyclic esters (lactones) is 1. The molecule has 1 N–H and O–H groups in total. The molecule has 11 atom stereocenters. The van der Waals surface area contributed by atoms with Crippen LogP contribution in [0.15, 0.2) is 23.3 Å². The molecule has 4 fully saturated rings. The highest BCUT2D eigenvalue weighted by Gasteiger charge is 2.80. The fourth-order valence-electron chi connectivity index (χ4n) is 10.1. The molecule has 1 spiro atoms. The molecule has 2 aliphatic heterocycles. The molecule has 0 aromatic carbocycles. The van der Waals surface area contributed by atoms with Crippen molar-refractivity contribution in [3.63, 3.8) is 0 Å². The number of hydrogen-bond acceptors (Lipinski definition) is 6. The molecule has 0 aromatic heterocycles. The molecular weight excluding hydrogens is 532 g/mol. The first kappa shape index (κ1) is 29.8. The number of aliphatic hydroxyl groups excluding tert-OH is 1. The lowest BCUT2D eigenvalue weighted by Crippen LogP contribution is -2.63. The predicted molar refractivity (Wildman–Crippen MR) is 161 cm³/mol. The molecule has 0 aromatic rings. The minimum atomic E-state index is -1.97. The van der Waals surface area contributed by atoms with Gasteiger partial charge in [-0.1, -0.05) is 40.2 Å². The van der Waals surface area contributed by atoms with E-state index < -0.39 is 25.4 Å². The van der Waals surface area contributed by atoms with Crippen molar-refractivity contribution in [1.29, 1.82) is 0 Å². The second kappa shape index (κ2) is 9.36. The summed E-state index contributed by atoms with van der Waals surface area (Å²) in [4.78, 5) is 26.7. The van der Waals surface area contributed by atoms with E-state index in [1.165, 1.54) is 0 Å². The van der Waals surface area contributed by atoms with Crippen molar-refractivity contribution in [3.8, 4) is 0 Å². The van der Waals surface area contributed by atoms with Crippen LogP contribution in [0, 0.1) is 40.4 Å². The Hall–Kier alpha value is -1.28. The molecule has 0 amide bonds. The van der Waals surface area contributed by atoms with Crippen LogP contribution in [0.4, 0.5) is 0 Å². The van der Waals surface area contributed by atoms with Gasteiger partial charge in [0.1, 0.15) is 17.8 Å². The SMILES string of the molecule is CC1=C(CO[Si](C)(C)C(C)(C)C)C(=O)O[C@@H]([C@@H](C)[C@H]2CC[C@H]3[C@@H]4C[C@H]5O[C@]56[C@@H](O)C=CC(=O)[C@]6(C)[C@H]4CC[C@]23C)C1. The van der Waals surface area contributed by atoms with Crippen LogP contribution >= 0.6 is 0 Å². The van der Waals surface area contributed by atoms with Gasteiger partial charge in [0.2, 0.25) is 0 Å². The number of ketones is 1. The standard InChI is InChI=1S/C34H52O6Si/c1-19-16-26(39-30(37)22(19)18-38-41(8,9)31(3,4)5)20(2)23-10-11-24-21-17-29-34(40-29)28(36)13-12-27(35)33(34,7)25(21)14-15-32(23,24)6/h12-13,20-21,23-26,28-29,36H,10-11,14-18H2,1-9H3/t20-,21-,23+,24-,25-,26+,28-,29+,32+,33-,34+/m0/s1. The lowest BCUT2D eigenvalue weighted by Gasteiger charge is -2.58. The maximum atomic E-state index is 13.4. The monoisotopic (exact) mass is 584 g/mol. The Labute approximate surface area is 247 Å². The van der Waals surface area contributed by atoms with Gasteiger partial charge < -0.3 is 19.0 Å². The maximum Gasteiger partial charge on any atom is 0.336 e. The molecule has 4 aliphatic carbocycles. The number of epoxide rings is 1. The molecule has 3 saturated carbocycles. The number of hydrogen-bond donors (Lipinski definition) is 1. The van der Waals surface area contributed by atoms with Crippen LogP contribution < -0.4 is 0 Å². The highest BCUT2D eigenvalue weighted by molar-refractivity contribution is 6.74. The number of carbonyl (C=O) groups is 2. The highest BCUT2D eigenvalue weighted by Crippen LogP contribution is 2.73. The summed E-state index contributed by atoms with van der Waals surface area (Å²) in [5.41, 5.74) is 0.610. The molecule has 0 radical (unpaired) electrons. The van der Waals surface area contributed by atoms with Crippen molar-refractivity contribution in [2.45, 2.75) is 129 Å². The largest absolute Gasteiger partial charge is 0.458 e.